The van der Waals surface area contributed by atoms with Gasteiger partial charge in [-0.05, 0) is 66.6 Å². The maximum Gasteiger partial charge on any atom is 0.320 e. The average Bonchev–Trinajstić information content (AvgIpc) is 3.13. The van der Waals surface area contributed by atoms with E-state index in [4.69, 9.17) is 11.6 Å². The molecule has 188 valence electrons. The molecular weight excluding hydrogens is 456 g/mol. The molecule has 2 amide bonds. The molecule has 2 aromatic rings. The predicted molar refractivity (Wildman–Crippen MR) is 143 cm³/mol. The van der Waals surface area contributed by atoms with Gasteiger partial charge >= 0.3 is 6.03 Å². The van der Waals surface area contributed by atoms with Crippen LogP contribution in [0.3, 0.4) is 0 Å². The molecule has 6 heteroatoms. The normalized spacial score (nSPS) is 21.2. The summed E-state index contributed by atoms with van der Waals surface area (Å²) in [5.74, 6) is 0. The number of carbonyl (C=O) groups is 1. The summed E-state index contributed by atoms with van der Waals surface area (Å²) in [6, 6.07) is 16.0. The summed E-state index contributed by atoms with van der Waals surface area (Å²) < 4.78 is 0. The Labute approximate surface area is 215 Å². The van der Waals surface area contributed by atoms with Crippen LogP contribution in [0, 0.1) is 0 Å². The van der Waals surface area contributed by atoms with Crippen LogP contribution >= 0.6 is 11.6 Å². The lowest BCUT2D eigenvalue weighted by atomic mass is 9.96. The number of hydrogen-bond acceptors (Lipinski definition) is 3. The fourth-order valence-electron chi connectivity index (χ4n) is 6.00. The molecule has 2 fully saturated rings. The number of urea groups is 1. The SMILES string of the molecule is CCCCN1CCN(CCCN2CCN(C3Cc4ccccc4Cc4ccc(Cl)cc43)CC2)C1=O. The second-order valence-electron chi connectivity index (χ2n) is 10.3. The van der Waals surface area contributed by atoms with Gasteiger partial charge < -0.3 is 14.7 Å². The summed E-state index contributed by atoms with van der Waals surface area (Å²) in [5, 5.41) is 0.836. The lowest BCUT2D eigenvalue weighted by Gasteiger charge is -2.40. The first-order valence-corrected chi connectivity index (χ1v) is 13.9. The number of fused-ring (bicyclic) bond motifs is 2. The van der Waals surface area contributed by atoms with Gasteiger partial charge in [0.15, 0.2) is 0 Å². The molecule has 0 spiro atoms. The van der Waals surface area contributed by atoms with E-state index < -0.39 is 0 Å². The highest BCUT2D eigenvalue weighted by atomic mass is 35.5. The Morgan fingerprint density at radius 2 is 1.54 bits per heavy atom. The van der Waals surface area contributed by atoms with Crippen LogP contribution in [-0.4, -0.2) is 84.5 Å². The Hall–Kier alpha value is -2.08. The molecule has 0 N–H and O–H groups in total. The van der Waals surface area contributed by atoms with E-state index in [2.05, 4.69) is 58.0 Å². The molecule has 2 aliphatic heterocycles. The molecule has 1 unspecified atom stereocenters. The number of unbranched alkanes of at least 4 members (excludes halogenated alkanes) is 1. The minimum Gasteiger partial charge on any atom is -0.323 e. The van der Waals surface area contributed by atoms with Crippen molar-refractivity contribution in [3.8, 4) is 0 Å². The van der Waals surface area contributed by atoms with Crippen molar-refractivity contribution in [1.29, 1.82) is 0 Å². The molecule has 0 saturated carbocycles. The van der Waals surface area contributed by atoms with Crippen molar-refractivity contribution in [2.75, 3.05) is 58.9 Å². The molecule has 1 aliphatic carbocycles. The highest BCUT2D eigenvalue weighted by Crippen LogP contribution is 2.36. The van der Waals surface area contributed by atoms with E-state index in [1.807, 2.05) is 11.0 Å². The molecule has 3 aliphatic rings. The third-order valence-electron chi connectivity index (χ3n) is 8.09. The smallest absolute Gasteiger partial charge is 0.320 e. The number of benzene rings is 2. The van der Waals surface area contributed by atoms with Crippen LogP contribution in [-0.2, 0) is 12.8 Å². The number of nitrogens with zero attached hydrogens (tertiary/aromatic N) is 4. The number of amides is 2. The van der Waals surface area contributed by atoms with E-state index in [-0.39, 0.29) is 6.03 Å². The van der Waals surface area contributed by atoms with Crippen molar-refractivity contribution in [1.82, 2.24) is 19.6 Å². The largest absolute Gasteiger partial charge is 0.323 e. The van der Waals surface area contributed by atoms with Gasteiger partial charge in [-0.3, -0.25) is 4.90 Å². The van der Waals surface area contributed by atoms with E-state index in [1.165, 1.54) is 22.3 Å². The minimum absolute atomic E-state index is 0.245. The Bertz CT molecular complexity index is 1020. The molecule has 0 aromatic heterocycles. The number of piperazine rings is 1. The third-order valence-corrected chi connectivity index (χ3v) is 8.33. The topological polar surface area (TPSA) is 30.0 Å². The fraction of sp³-hybridized carbons (Fsp3) is 0.552. The summed E-state index contributed by atoms with van der Waals surface area (Å²) in [6.07, 6.45) is 5.34. The molecule has 0 bridgehead atoms. The quantitative estimate of drug-likeness (QED) is 0.513. The van der Waals surface area contributed by atoms with Crippen molar-refractivity contribution in [3.63, 3.8) is 0 Å². The summed E-state index contributed by atoms with van der Waals surface area (Å²) in [5.41, 5.74) is 5.73. The number of carbonyl (C=O) groups excluding carboxylic acids is 1. The molecule has 5 nitrogen and oxygen atoms in total. The second kappa shape index (κ2) is 11.3. The molecule has 1 atom stereocenters. The third kappa shape index (κ3) is 5.68. The molecule has 0 radical (unpaired) electrons. The van der Waals surface area contributed by atoms with Crippen LogP contribution in [0.2, 0.25) is 5.02 Å². The van der Waals surface area contributed by atoms with E-state index >= 15 is 0 Å². The average molecular weight is 495 g/mol. The zero-order chi connectivity index (χ0) is 24.2. The highest BCUT2D eigenvalue weighted by molar-refractivity contribution is 6.30. The number of halogens is 1. The second-order valence-corrected chi connectivity index (χ2v) is 10.8. The summed E-state index contributed by atoms with van der Waals surface area (Å²) >= 11 is 6.47. The van der Waals surface area contributed by atoms with E-state index in [0.717, 1.165) is 96.0 Å². The molecule has 2 aromatic carbocycles. The van der Waals surface area contributed by atoms with Crippen LogP contribution < -0.4 is 0 Å². The Morgan fingerprint density at radius 1 is 0.829 bits per heavy atom. The highest BCUT2D eigenvalue weighted by Gasteiger charge is 2.30. The molecule has 5 rings (SSSR count). The first kappa shape index (κ1) is 24.6. The van der Waals surface area contributed by atoms with Crippen molar-refractivity contribution < 1.29 is 4.79 Å². The van der Waals surface area contributed by atoms with Crippen LogP contribution in [0.5, 0.6) is 0 Å². The van der Waals surface area contributed by atoms with Crippen molar-refractivity contribution in [2.45, 2.75) is 45.1 Å². The maximum absolute atomic E-state index is 12.6. The molecule has 2 heterocycles. The monoisotopic (exact) mass is 494 g/mol. The van der Waals surface area contributed by atoms with Gasteiger partial charge in [-0.25, -0.2) is 4.79 Å². The van der Waals surface area contributed by atoms with Crippen molar-refractivity contribution in [2.24, 2.45) is 0 Å². The Balaban J connectivity index is 1.15. The zero-order valence-electron chi connectivity index (χ0n) is 21.1. The van der Waals surface area contributed by atoms with Crippen LogP contribution in [0.25, 0.3) is 0 Å². The molecular formula is C29H39ClN4O. The summed E-state index contributed by atoms with van der Waals surface area (Å²) in [6.45, 7) is 11.2. The summed E-state index contributed by atoms with van der Waals surface area (Å²) in [7, 11) is 0. The van der Waals surface area contributed by atoms with Crippen LogP contribution in [0.15, 0.2) is 42.5 Å². The van der Waals surface area contributed by atoms with Crippen LogP contribution in [0.4, 0.5) is 4.79 Å². The van der Waals surface area contributed by atoms with Gasteiger partial charge in [-0.1, -0.05) is 55.3 Å². The van der Waals surface area contributed by atoms with Gasteiger partial charge in [0.25, 0.3) is 0 Å². The van der Waals surface area contributed by atoms with Crippen LogP contribution in [0.1, 0.15) is 54.5 Å². The van der Waals surface area contributed by atoms with E-state index in [9.17, 15) is 4.79 Å². The van der Waals surface area contributed by atoms with E-state index in [1.54, 1.807) is 0 Å². The van der Waals surface area contributed by atoms with Gasteiger partial charge in [-0.2, -0.15) is 0 Å². The van der Waals surface area contributed by atoms with Gasteiger partial charge in [-0.15, -0.1) is 0 Å². The fourth-order valence-corrected chi connectivity index (χ4v) is 6.18. The standard InChI is InChI=1S/C29H39ClN4O/c1-2-3-12-33-18-19-34(29(33)35)13-6-11-31-14-16-32(17-15-31)28-21-24-8-5-4-7-23(24)20-25-9-10-26(30)22-27(25)28/h4-5,7-10,22,28H,2-3,6,11-21H2,1H3. The lowest BCUT2D eigenvalue weighted by Crippen LogP contribution is -2.48. The minimum atomic E-state index is 0.245. The first-order valence-electron chi connectivity index (χ1n) is 13.5. The van der Waals surface area contributed by atoms with Crippen molar-refractivity contribution in [3.05, 3.63) is 69.7 Å². The van der Waals surface area contributed by atoms with E-state index in [0.29, 0.717) is 6.04 Å². The van der Waals surface area contributed by atoms with Gasteiger partial charge in [0.05, 0.1) is 0 Å². The predicted octanol–water partition coefficient (Wildman–Crippen LogP) is 5.07. The van der Waals surface area contributed by atoms with Gasteiger partial charge in [0, 0.05) is 63.4 Å². The molecule has 35 heavy (non-hydrogen) atoms. The number of rotatable bonds is 8. The van der Waals surface area contributed by atoms with Crippen molar-refractivity contribution >= 4 is 17.6 Å². The first-order chi connectivity index (χ1) is 17.1. The lowest BCUT2D eigenvalue weighted by molar-refractivity contribution is 0.0931. The summed E-state index contributed by atoms with van der Waals surface area (Å²) in [4.78, 5) is 21.9. The zero-order valence-corrected chi connectivity index (χ0v) is 21.8. The molecule has 2 saturated heterocycles. The Kier molecular flexibility index (Phi) is 7.96. The van der Waals surface area contributed by atoms with Gasteiger partial charge in [0.1, 0.15) is 0 Å². The Morgan fingerprint density at radius 3 is 2.29 bits per heavy atom. The van der Waals surface area contributed by atoms with Gasteiger partial charge in [0.2, 0.25) is 0 Å². The number of hydrogen-bond donors (Lipinski definition) is 0. The maximum atomic E-state index is 12.6.